The Labute approximate surface area is 247 Å². The monoisotopic (exact) mass is 562 g/mol. The van der Waals surface area contributed by atoms with E-state index in [0.717, 1.165) is 22.3 Å². The molecule has 0 saturated carbocycles. The Bertz CT molecular complexity index is 1420. The van der Waals surface area contributed by atoms with E-state index in [-0.39, 0.29) is 18.7 Å². The Balaban J connectivity index is 1.53. The number of rotatable bonds is 9. The normalized spacial score (nSPS) is 23.5. The zero-order valence-corrected chi connectivity index (χ0v) is 23.6. The van der Waals surface area contributed by atoms with Crippen molar-refractivity contribution in [3.05, 3.63) is 144 Å². The molecule has 0 aromatic heterocycles. The van der Waals surface area contributed by atoms with Gasteiger partial charge in [0, 0.05) is 6.04 Å². The van der Waals surface area contributed by atoms with Gasteiger partial charge < -0.3 is 20.9 Å². The molecule has 1 aliphatic rings. The van der Waals surface area contributed by atoms with Crippen LogP contribution in [0.1, 0.15) is 22.3 Å². The lowest BCUT2D eigenvalue weighted by Gasteiger charge is -2.32. The highest BCUT2D eigenvalue weighted by molar-refractivity contribution is 5.83. The summed E-state index contributed by atoms with van der Waals surface area (Å²) in [7, 11) is 0. The van der Waals surface area contributed by atoms with E-state index in [9.17, 15) is 14.7 Å². The molecule has 6 atom stereocenters. The average Bonchev–Trinajstić information content (AvgIpc) is 3.05. The Hall–Kier alpha value is -4.26. The smallest absolute Gasteiger partial charge is 0.312 e. The Morgan fingerprint density at radius 3 is 1.57 bits per heavy atom. The summed E-state index contributed by atoms with van der Waals surface area (Å²) in [6.07, 6.45) is -0.680. The molecule has 0 radical (unpaired) electrons. The largest absolute Gasteiger partial charge is 0.458 e. The summed E-state index contributed by atoms with van der Waals surface area (Å²) in [5, 5.41) is 14.9. The molecule has 6 heteroatoms. The first-order chi connectivity index (χ1) is 20.5. The van der Waals surface area contributed by atoms with Crippen molar-refractivity contribution < 1.29 is 19.4 Å². The standard InChI is InChI=1S/C36H38N2O4/c37-31(23-27-17-9-3-10-18-27)34-32(24-28-19-11-4-12-20-28)38-35(40)29(21-25-13-5-1-6-14-25)33(39)30(36(41)42-34)22-26-15-7-2-8-16-26/h1-20,29-34,39H,21-24,37H2,(H,38,40)/t29-,30-,31-,32-,33?,34?/m1/s1. The molecule has 216 valence electrons. The fourth-order valence-corrected chi connectivity index (χ4v) is 5.83. The van der Waals surface area contributed by atoms with Crippen LogP contribution in [0.3, 0.4) is 0 Å². The number of aliphatic hydroxyl groups is 1. The van der Waals surface area contributed by atoms with Crippen molar-refractivity contribution in [2.24, 2.45) is 17.6 Å². The van der Waals surface area contributed by atoms with Crippen molar-refractivity contribution in [2.45, 2.75) is 50.0 Å². The Morgan fingerprint density at radius 2 is 1.07 bits per heavy atom. The Morgan fingerprint density at radius 1 is 0.643 bits per heavy atom. The molecular weight excluding hydrogens is 524 g/mol. The first kappa shape index (κ1) is 29.2. The quantitative estimate of drug-likeness (QED) is 0.264. The molecule has 0 aliphatic carbocycles. The maximum atomic E-state index is 14.1. The third-order valence-electron chi connectivity index (χ3n) is 8.07. The van der Waals surface area contributed by atoms with Gasteiger partial charge in [-0.2, -0.15) is 0 Å². The van der Waals surface area contributed by atoms with Crippen LogP contribution in [0.2, 0.25) is 0 Å². The predicted molar refractivity (Wildman–Crippen MR) is 163 cm³/mol. The number of benzene rings is 4. The fraction of sp³-hybridized carbons (Fsp3) is 0.278. The van der Waals surface area contributed by atoms with Crippen LogP contribution in [-0.4, -0.2) is 41.3 Å². The van der Waals surface area contributed by atoms with Crippen LogP contribution in [0.5, 0.6) is 0 Å². The second-order valence-corrected chi connectivity index (χ2v) is 11.1. The molecule has 1 amide bonds. The molecule has 1 fully saturated rings. The van der Waals surface area contributed by atoms with E-state index in [1.165, 1.54) is 0 Å². The van der Waals surface area contributed by atoms with Crippen LogP contribution in [0.25, 0.3) is 0 Å². The van der Waals surface area contributed by atoms with Crippen LogP contribution in [0, 0.1) is 11.8 Å². The van der Waals surface area contributed by atoms with Gasteiger partial charge in [-0.3, -0.25) is 9.59 Å². The summed E-state index contributed by atoms with van der Waals surface area (Å²) >= 11 is 0. The van der Waals surface area contributed by atoms with Gasteiger partial charge in [0.25, 0.3) is 0 Å². The third kappa shape index (κ3) is 7.52. The lowest BCUT2D eigenvalue weighted by molar-refractivity contribution is -0.161. The minimum Gasteiger partial charge on any atom is -0.458 e. The van der Waals surface area contributed by atoms with Crippen LogP contribution in [0.15, 0.2) is 121 Å². The van der Waals surface area contributed by atoms with E-state index in [1.807, 2.05) is 121 Å². The lowest BCUT2D eigenvalue weighted by atomic mass is 9.82. The summed E-state index contributed by atoms with van der Waals surface area (Å²) in [6.45, 7) is 0. The third-order valence-corrected chi connectivity index (χ3v) is 8.07. The number of amides is 1. The van der Waals surface area contributed by atoms with E-state index >= 15 is 0 Å². The molecule has 2 unspecified atom stereocenters. The summed E-state index contributed by atoms with van der Waals surface area (Å²) in [5.74, 6) is -2.68. The molecule has 4 aromatic carbocycles. The predicted octanol–water partition coefficient (Wildman–Crippen LogP) is 4.29. The van der Waals surface area contributed by atoms with Crippen LogP contribution < -0.4 is 11.1 Å². The first-order valence-electron chi connectivity index (χ1n) is 14.6. The highest BCUT2D eigenvalue weighted by atomic mass is 16.5. The van der Waals surface area contributed by atoms with Gasteiger partial charge >= 0.3 is 5.97 Å². The van der Waals surface area contributed by atoms with Crippen LogP contribution in [-0.2, 0) is 40.0 Å². The van der Waals surface area contributed by atoms with E-state index in [1.54, 1.807) is 0 Å². The highest BCUT2D eigenvalue weighted by Gasteiger charge is 2.44. The van der Waals surface area contributed by atoms with Crippen LogP contribution in [0.4, 0.5) is 0 Å². The van der Waals surface area contributed by atoms with Gasteiger partial charge in [-0.1, -0.05) is 121 Å². The number of carbonyl (C=O) groups excluding carboxylic acids is 2. The zero-order valence-electron chi connectivity index (χ0n) is 23.6. The maximum absolute atomic E-state index is 14.1. The van der Waals surface area contributed by atoms with Gasteiger partial charge in [0.05, 0.1) is 24.0 Å². The second kappa shape index (κ2) is 14.1. The minimum atomic E-state index is -1.26. The molecule has 0 spiro atoms. The number of nitrogens with two attached hydrogens (primary N) is 1. The van der Waals surface area contributed by atoms with Gasteiger partial charge in [-0.05, 0) is 47.9 Å². The molecule has 1 aliphatic heterocycles. The number of esters is 1. The maximum Gasteiger partial charge on any atom is 0.312 e. The first-order valence-corrected chi connectivity index (χ1v) is 14.6. The fourth-order valence-electron chi connectivity index (χ4n) is 5.83. The number of ether oxygens (including phenoxy) is 1. The van der Waals surface area contributed by atoms with Crippen LogP contribution >= 0.6 is 0 Å². The Kier molecular flexibility index (Phi) is 9.80. The summed E-state index contributed by atoms with van der Waals surface area (Å²) in [6, 6.07) is 37.5. The lowest BCUT2D eigenvalue weighted by Crippen LogP contribution is -2.55. The van der Waals surface area contributed by atoms with Crippen molar-refractivity contribution in [1.29, 1.82) is 0 Å². The summed E-state index contributed by atoms with van der Waals surface area (Å²) < 4.78 is 6.25. The number of aliphatic hydroxyl groups excluding tert-OH is 1. The second-order valence-electron chi connectivity index (χ2n) is 11.1. The van der Waals surface area contributed by atoms with Gasteiger partial charge in [0.1, 0.15) is 6.10 Å². The van der Waals surface area contributed by atoms with Crippen molar-refractivity contribution in [3.8, 4) is 0 Å². The van der Waals surface area contributed by atoms with E-state index in [4.69, 9.17) is 10.5 Å². The SMILES string of the molecule is N[C@H](Cc1ccccc1)C1OC(=O)[C@H](Cc2ccccc2)C(O)[C@@H](Cc2ccccc2)C(=O)N[C@@H]1Cc1ccccc1. The molecule has 1 saturated heterocycles. The molecule has 42 heavy (non-hydrogen) atoms. The number of nitrogens with one attached hydrogen (secondary N) is 1. The van der Waals surface area contributed by atoms with E-state index < -0.39 is 42.1 Å². The highest BCUT2D eigenvalue weighted by Crippen LogP contribution is 2.28. The number of carbonyl (C=O) groups is 2. The van der Waals surface area contributed by atoms with Gasteiger partial charge in [0.2, 0.25) is 5.91 Å². The molecule has 4 N–H and O–H groups in total. The topological polar surface area (TPSA) is 102 Å². The molecule has 0 bridgehead atoms. The van der Waals surface area contributed by atoms with Gasteiger partial charge in [0.15, 0.2) is 0 Å². The van der Waals surface area contributed by atoms with Crippen molar-refractivity contribution in [2.75, 3.05) is 0 Å². The number of hydrogen-bond acceptors (Lipinski definition) is 5. The molecule has 5 rings (SSSR count). The number of cyclic esters (lactones) is 1. The average molecular weight is 563 g/mol. The molecule has 1 heterocycles. The van der Waals surface area contributed by atoms with E-state index in [0.29, 0.717) is 12.8 Å². The number of hydrogen-bond donors (Lipinski definition) is 3. The van der Waals surface area contributed by atoms with E-state index in [2.05, 4.69) is 5.32 Å². The molecule has 6 nitrogen and oxygen atoms in total. The van der Waals surface area contributed by atoms with Crippen molar-refractivity contribution in [3.63, 3.8) is 0 Å². The van der Waals surface area contributed by atoms with Crippen molar-refractivity contribution >= 4 is 11.9 Å². The molecule has 4 aromatic rings. The summed E-state index contributed by atoms with van der Waals surface area (Å²) in [4.78, 5) is 28.1. The van der Waals surface area contributed by atoms with Gasteiger partial charge in [-0.15, -0.1) is 0 Å². The minimum absolute atomic E-state index is 0.239. The van der Waals surface area contributed by atoms with Gasteiger partial charge in [-0.25, -0.2) is 0 Å². The van der Waals surface area contributed by atoms with Crippen molar-refractivity contribution in [1.82, 2.24) is 5.32 Å². The molecular formula is C36H38N2O4. The zero-order chi connectivity index (χ0) is 29.3. The summed E-state index contributed by atoms with van der Waals surface area (Å²) in [5.41, 5.74) is 10.6.